The van der Waals surface area contributed by atoms with Gasteiger partial charge in [-0.2, -0.15) is 0 Å². The number of carbonyl (C=O) groups is 1. The Labute approximate surface area is 102 Å². The summed E-state index contributed by atoms with van der Waals surface area (Å²) in [5.41, 5.74) is 1.15. The van der Waals surface area contributed by atoms with Gasteiger partial charge in [0.05, 0.1) is 5.56 Å². The molecule has 0 atom stereocenters. The summed E-state index contributed by atoms with van der Waals surface area (Å²) >= 11 is 0. The molecule has 2 heteroatoms. The number of hydrogen-bond donors (Lipinski definition) is 0. The van der Waals surface area contributed by atoms with Gasteiger partial charge in [-0.05, 0) is 12.1 Å². The molecule has 1 amide bonds. The highest BCUT2D eigenvalue weighted by molar-refractivity contribution is 5.96. The van der Waals surface area contributed by atoms with E-state index in [1.165, 1.54) is 0 Å². The first kappa shape index (κ1) is 12.8. The molecule has 0 aliphatic heterocycles. The van der Waals surface area contributed by atoms with E-state index in [4.69, 9.17) is 6.42 Å². The molecule has 0 unspecified atom stereocenters. The summed E-state index contributed by atoms with van der Waals surface area (Å²) in [6.45, 7) is 8.22. The first-order valence-corrected chi connectivity index (χ1v) is 5.31. The van der Waals surface area contributed by atoms with Gasteiger partial charge in [0.1, 0.15) is 0 Å². The molecule has 0 aliphatic rings. The van der Waals surface area contributed by atoms with Gasteiger partial charge in [0, 0.05) is 18.7 Å². The summed E-state index contributed by atoms with van der Waals surface area (Å²) in [4.78, 5) is 13.9. The Morgan fingerprint density at radius 2 is 1.88 bits per heavy atom. The summed E-state index contributed by atoms with van der Waals surface area (Å²) in [5, 5.41) is 0. The third-order valence-electron chi connectivity index (χ3n) is 2.30. The average molecular weight is 225 g/mol. The molecule has 0 bridgehead atoms. The Balaban J connectivity index is 3.04. The lowest BCUT2D eigenvalue weighted by atomic mass is 10.1. The lowest BCUT2D eigenvalue weighted by Gasteiger charge is -2.19. The normalized spacial score (nSPS) is 9.12. The quantitative estimate of drug-likeness (QED) is 0.557. The number of amides is 1. The Morgan fingerprint density at radius 1 is 1.29 bits per heavy atom. The second-order valence-corrected chi connectivity index (χ2v) is 3.48. The number of hydrogen-bond acceptors (Lipinski definition) is 1. The van der Waals surface area contributed by atoms with Crippen molar-refractivity contribution in [2.24, 2.45) is 0 Å². The number of rotatable bonds is 5. The molecule has 0 radical (unpaired) electrons. The van der Waals surface area contributed by atoms with E-state index < -0.39 is 0 Å². The molecule has 1 aromatic carbocycles. The van der Waals surface area contributed by atoms with Crippen LogP contribution in [0.5, 0.6) is 0 Å². The molecule has 0 fully saturated rings. The minimum absolute atomic E-state index is 0.0987. The standard InChI is InChI=1S/C15H15NO/c1-4-11-16(12-5-2)15(17)14-10-8-7-9-13(14)6-3/h3-5,7-10H,1-2,11-12H2. The number of nitrogens with zero attached hydrogens (tertiary/aromatic N) is 1. The molecule has 0 aliphatic carbocycles. The molecular formula is C15H15NO. The number of carbonyl (C=O) groups excluding carboxylic acids is 1. The Hall–Kier alpha value is -2.27. The zero-order valence-corrected chi connectivity index (χ0v) is 9.73. The van der Waals surface area contributed by atoms with Crippen LogP contribution in [0, 0.1) is 12.3 Å². The van der Waals surface area contributed by atoms with Crippen LogP contribution in [-0.2, 0) is 0 Å². The monoisotopic (exact) mass is 225 g/mol. The number of benzene rings is 1. The smallest absolute Gasteiger partial charge is 0.255 e. The van der Waals surface area contributed by atoms with E-state index in [0.29, 0.717) is 24.2 Å². The predicted molar refractivity (Wildman–Crippen MR) is 70.7 cm³/mol. The summed E-state index contributed by atoms with van der Waals surface area (Å²) in [7, 11) is 0. The molecule has 86 valence electrons. The first-order valence-electron chi connectivity index (χ1n) is 5.31. The molecule has 0 N–H and O–H groups in total. The minimum atomic E-state index is -0.0987. The lowest BCUT2D eigenvalue weighted by Crippen LogP contribution is -2.31. The number of terminal acetylenes is 1. The van der Waals surface area contributed by atoms with Crippen LogP contribution in [-0.4, -0.2) is 23.9 Å². The van der Waals surface area contributed by atoms with E-state index in [1.807, 2.05) is 6.07 Å². The van der Waals surface area contributed by atoms with Crippen molar-refractivity contribution in [1.29, 1.82) is 0 Å². The van der Waals surface area contributed by atoms with Gasteiger partial charge in [0.2, 0.25) is 0 Å². The fourth-order valence-corrected chi connectivity index (χ4v) is 1.52. The highest BCUT2D eigenvalue weighted by atomic mass is 16.2. The fraction of sp³-hybridized carbons (Fsp3) is 0.133. The SMILES string of the molecule is C#Cc1ccccc1C(=O)N(CC=C)CC=C. The lowest BCUT2D eigenvalue weighted by molar-refractivity contribution is 0.0790. The van der Waals surface area contributed by atoms with Gasteiger partial charge >= 0.3 is 0 Å². The van der Waals surface area contributed by atoms with Crippen molar-refractivity contribution in [3.05, 3.63) is 60.7 Å². The Kier molecular flexibility index (Phi) is 4.77. The highest BCUT2D eigenvalue weighted by Crippen LogP contribution is 2.10. The molecule has 0 aromatic heterocycles. The zero-order chi connectivity index (χ0) is 12.7. The minimum Gasteiger partial charge on any atom is -0.331 e. The second-order valence-electron chi connectivity index (χ2n) is 3.48. The Bertz CT molecular complexity index is 458. The van der Waals surface area contributed by atoms with Crippen LogP contribution >= 0.6 is 0 Å². The van der Waals surface area contributed by atoms with Crippen LogP contribution in [0.25, 0.3) is 0 Å². The van der Waals surface area contributed by atoms with E-state index >= 15 is 0 Å². The third-order valence-corrected chi connectivity index (χ3v) is 2.30. The molecule has 0 saturated carbocycles. The van der Waals surface area contributed by atoms with E-state index in [2.05, 4.69) is 19.1 Å². The summed E-state index contributed by atoms with van der Waals surface area (Å²) in [6.07, 6.45) is 8.74. The second kappa shape index (κ2) is 6.34. The molecule has 0 heterocycles. The average Bonchev–Trinajstić information content (AvgIpc) is 2.37. The van der Waals surface area contributed by atoms with Crippen molar-refractivity contribution in [3.8, 4) is 12.3 Å². The maximum atomic E-state index is 12.2. The van der Waals surface area contributed by atoms with Crippen LogP contribution < -0.4 is 0 Å². The summed E-state index contributed by atoms with van der Waals surface area (Å²) < 4.78 is 0. The molecular weight excluding hydrogens is 210 g/mol. The van der Waals surface area contributed by atoms with Gasteiger partial charge in [0.15, 0.2) is 0 Å². The Morgan fingerprint density at radius 3 is 2.41 bits per heavy atom. The van der Waals surface area contributed by atoms with Crippen LogP contribution in [0.15, 0.2) is 49.6 Å². The molecule has 0 spiro atoms. The van der Waals surface area contributed by atoms with Crippen molar-refractivity contribution in [2.45, 2.75) is 0 Å². The van der Waals surface area contributed by atoms with Crippen molar-refractivity contribution >= 4 is 5.91 Å². The van der Waals surface area contributed by atoms with Gasteiger partial charge in [-0.15, -0.1) is 19.6 Å². The summed E-state index contributed by atoms with van der Waals surface area (Å²) in [6, 6.07) is 7.11. The van der Waals surface area contributed by atoms with Gasteiger partial charge in [-0.1, -0.05) is 30.2 Å². The topological polar surface area (TPSA) is 20.3 Å². The van der Waals surface area contributed by atoms with E-state index in [0.717, 1.165) is 0 Å². The molecule has 1 rings (SSSR count). The van der Waals surface area contributed by atoms with Gasteiger partial charge < -0.3 is 4.90 Å². The fourth-order valence-electron chi connectivity index (χ4n) is 1.52. The van der Waals surface area contributed by atoms with Crippen LogP contribution in [0.1, 0.15) is 15.9 Å². The molecule has 17 heavy (non-hydrogen) atoms. The molecule has 0 saturated heterocycles. The van der Waals surface area contributed by atoms with Crippen molar-refractivity contribution in [1.82, 2.24) is 4.90 Å². The van der Waals surface area contributed by atoms with Gasteiger partial charge in [-0.25, -0.2) is 0 Å². The molecule has 1 aromatic rings. The predicted octanol–water partition coefficient (Wildman–Crippen LogP) is 2.48. The van der Waals surface area contributed by atoms with Gasteiger partial charge in [-0.3, -0.25) is 4.79 Å². The molecule has 2 nitrogen and oxygen atoms in total. The zero-order valence-electron chi connectivity index (χ0n) is 9.73. The third kappa shape index (κ3) is 3.09. The highest BCUT2D eigenvalue weighted by Gasteiger charge is 2.15. The van der Waals surface area contributed by atoms with E-state index in [1.54, 1.807) is 35.3 Å². The maximum absolute atomic E-state index is 12.2. The van der Waals surface area contributed by atoms with Crippen molar-refractivity contribution in [3.63, 3.8) is 0 Å². The van der Waals surface area contributed by atoms with Crippen molar-refractivity contribution in [2.75, 3.05) is 13.1 Å². The maximum Gasteiger partial charge on any atom is 0.255 e. The first-order chi connectivity index (χ1) is 8.24. The van der Waals surface area contributed by atoms with Crippen LogP contribution in [0.2, 0.25) is 0 Å². The van der Waals surface area contributed by atoms with E-state index in [9.17, 15) is 4.79 Å². The van der Waals surface area contributed by atoms with Gasteiger partial charge in [0.25, 0.3) is 5.91 Å². The largest absolute Gasteiger partial charge is 0.331 e. The van der Waals surface area contributed by atoms with E-state index in [-0.39, 0.29) is 5.91 Å². The van der Waals surface area contributed by atoms with Crippen molar-refractivity contribution < 1.29 is 4.79 Å². The van der Waals surface area contributed by atoms with Crippen LogP contribution in [0.4, 0.5) is 0 Å². The summed E-state index contributed by atoms with van der Waals surface area (Å²) in [5.74, 6) is 2.42. The van der Waals surface area contributed by atoms with Crippen LogP contribution in [0.3, 0.4) is 0 Å².